The summed E-state index contributed by atoms with van der Waals surface area (Å²) in [6.45, 7) is -0.155. The minimum Gasteiger partial charge on any atom is -0.271 e. The number of sulfonamides is 1. The van der Waals surface area contributed by atoms with Crippen LogP contribution in [0.4, 0.5) is 4.39 Å². The maximum atomic E-state index is 13.2. The monoisotopic (exact) mass is 556 g/mol. The highest BCUT2D eigenvalue weighted by Crippen LogP contribution is 2.31. The fourth-order valence-corrected chi connectivity index (χ4v) is 5.39. The van der Waals surface area contributed by atoms with E-state index in [-0.39, 0.29) is 17.3 Å². The summed E-state index contributed by atoms with van der Waals surface area (Å²) in [5.74, 6) is 0.466. The zero-order valence-electron chi connectivity index (χ0n) is 17.3. The van der Waals surface area contributed by atoms with Crippen LogP contribution in [0.1, 0.15) is 11.4 Å². The molecule has 176 valence electrons. The molecule has 1 N–H and O–H groups in total. The lowest BCUT2D eigenvalue weighted by molar-refractivity contribution is 0.578. The van der Waals surface area contributed by atoms with E-state index in [4.69, 9.17) is 34.8 Å². The van der Waals surface area contributed by atoms with Gasteiger partial charge in [0.15, 0.2) is 11.0 Å². The van der Waals surface area contributed by atoms with Crippen LogP contribution in [0.2, 0.25) is 15.1 Å². The molecule has 0 fully saturated rings. The first kappa shape index (κ1) is 25.0. The predicted molar refractivity (Wildman–Crippen MR) is 133 cm³/mol. The summed E-state index contributed by atoms with van der Waals surface area (Å²) >= 11 is 19.8. The molecule has 0 bridgehead atoms. The van der Waals surface area contributed by atoms with E-state index in [0.29, 0.717) is 37.5 Å². The molecule has 0 saturated carbocycles. The van der Waals surface area contributed by atoms with Crippen LogP contribution in [0.25, 0.3) is 5.69 Å². The van der Waals surface area contributed by atoms with Gasteiger partial charge in [0.05, 0.1) is 22.2 Å². The second-order valence-corrected chi connectivity index (χ2v) is 11.0. The first-order valence-corrected chi connectivity index (χ1v) is 13.4. The summed E-state index contributed by atoms with van der Waals surface area (Å²) in [5.41, 5.74) is 1.38. The highest BCUT2D eigenvalue weighted by molar-refractivity contribution is 7.98. The lowest BCUT2D eigenvalue weighted by Crippen LogP contribution is -2.25. The van der Waals surface area contributed by atoms with Gasteiger partial charge in [-0.05, 0) is 60.2 Å². The molecule has 0 saturated heterocycles. The van der Waals surface area contributed by atoms with E-state index >= 15 is 0 Å². The Labute approximate surface area is 215 Å². The van der Waals surface area contributed by atoms with Gasteiger partial charge in [-0.15, -0.1) is 10.2 Å². The van der Waals surface area contributed by atoms with Crippen molar-refractivity contribution in [1.82, 2.24) is 19.5 Å². The number of aromatic nitrogens is 3. The highest BCUT2D eigenvalue weighted by atomic mass is 35.5. The number of benzene rings is 3. The summed E-state index contributed by atoms with van der Waals surface area (Å²) in [6.07, 6.45) is 0. The van der Waals surface area contributed by atoms with E-state index in [0.717, 1.165) is 5.56 Å². The van der Waals surface area contributed by atoms with Crippen LogP contribution >= 0.6 is 46.6 Å². The molecule has 0 unspecified atom stereocenters. The van der Waals surface area contributed by atoms with Gasteiger partial charge in [0, 0.05) is 15.8 Å². The van der Waals surface area contributed by atoms with Crippen molar-refractivity contribution in [2.75, 3.05) is 0 Å². The second-order valence-electron chi connectivity index (χ2n) is 7.02. The van der Waals surface area contributed by atoms with Crippen LogP contribution in [-0.4, -0.2) is 23.2 Å². The van der Waals surface area contributed by atoms with Gasteiger partial charge in [-0.2, -0.15) is 0 Å². The van der Waals surface area contributed by atoms with Gasteiger partial charge in [0.25, 0.3) is 0 Å². The van der Waals surface area contributed by atoms with E-state index in [2.05, 4.69) is 14.9 Å². The van der Waals surface area contributed by atoms with Gasteiger partial charge in [-0.3, -0.25) is 4.57 Å². The molecule has 34 heavy (non-hydrogen) atoms. The average molecular weight is 558 g/mol. The topological polar surface area (TPSA) is 76.9 Å². The van der Waals surface area contributed by atoms with E-state index in [1.165, 1.54) is 48.2 Å². The minimum atomic E-state index is -3.83. The van der Waals surface area contributed by atoms with Crippen molar-refractivity contribution in [2.45, 2.75) is 22.3 Å². The molecular formula is C22H16Cl3FN4O2S2. The highest BCUT2D eigenvalue weighted by Gasteiger charge is 2.20. The van der Waals surface area contributed by atoms with E-state index in [1.54, 1.807) is 34.9 Å². The Morgan fingerprint density at radius 1 is 0.912 bits per heavy atom. The van der Waals surface area contributed by atoms with Crippen LogP contribution in [0.5, 0.6) is 0 Å². The molecule has 4 aromatic rings. The molecule has 12 heteroatoms. The first-order chi connectivity index (χ1) is 16.2. The second kappa shape index (κ2) is 10.6. The average Bonchev–Trinajstić information content (AvgIpc) is 3.22. The van der Waals surface area contributed by atoms with Crippen LogP contribution in [0.15, 0.2) is 76.8 Å². The molecule has 0 atom stereocenters. The van der Waals surface area contributed by atoms with Crippen molar-refractivity contribution in [3.63, 3.8) is 0 Å². The Kier molecular flexibility index (Phi) is 7.81. The Morgan fingerprint density at radius 3 is 2.29 bits per heavy atom. The molecule has 0 spiro atoms. The standard InChI is InChI=1S/C22H16Cl3FN4O2S2/c23-15-3-8-18(9-4-15)34(31,32)27-12-21-28-29-22(33-13-14-1-6-17(26)7-2-14)30(21)20-11-16(24)5-10-19(20)25/h1-11,27H,12-13H2. The maximum absolute atomic E-state index is 13.2. The first-order valence-electron chi connectivity index (χ1n) is 9.75. The van der Waals surface area contributed by atoms with Crippen molar-refractivity contribution in [3.8, 4) is 5.69 Å². The number of rotatable bonds is 8. The number of thioether (sulfide) groups is 1. The third-order valence-electron chi connectivity index (χ3n) is 4.67. The van der Waals surface area contributed by atoms with Crippen LogP contribution in [-0.2, 0) is 22.3 Å². The van der Waals surface area contributed by atoms with E-state index in [9.17, 15) is 12.8 Å². The molecule has 3 aromatic carbocycles. The van der Waals surface area contributed by atoms with Crippen LogP contribution < -0.4 is 4.72 Å². The van der Waals surface area contributed by atoms with Gasteiger partial charge in [0.1, 0.15) is 5.82 Å². The van der Waals surface area contributed by atoms with Gasteiger partial charge >= 0.3 is 0 Å². The van der Waals surface area contributed by atoms with E-state index in [1.807, 2.05) is 0 Å². The lowest BCUT2D eigenvalue weighted by atomic mass is 10.2. The largest absolute Gasteiger partial charge is 0.271 e. The van der Waals surface area contributed by atoms with Gasteiger partial charge in [-0.25, -0.2) is 17.5 Å². The molecule has 0 aliphatic heterocycles. The smallest absolute Gasteiger partial charge is 0.240 e. The van der Waals surface area contributed by atoms with Crippen molar-refractivity contribution < 1.29 is 12.8 Å². The molecule has 0 aliphatic rings. The van der Waals surface area contributed by atoms with E-state index < -0.39 is 10.0 Å². The quantitative estimate of drug-likeness (QED) is 0.264. The van der Waals surface area contributed by atoms with Crippen molar-refractivity contribution >= 4 is 56.6 Å². The summed E-state index contributed by atoms with van der Waals surface area (Å²) in [7, 11) is -3.83. The lowest BCUT2D eigenvalue weighted by Gasteiger charge is -2.13. The Balaban J connectivity index is 1.64. The normalized spacial score (nSPS) is 11.6. The summed E-state index contributed by atoms with van der Waals surface area (Å²) in [5, 5.41) is 10.1. The number of hydrogen-bond acceptors (Lipinski definition) is 5. The predicted octanol–water partition coefficient (Wildman–Crippen LogP) is 6.14. The Hall–Kier alpha value is -2.14. The van der Waals surface area contributed by atoms with Gasteiger partial charge in [-0.1, -0.05) is 58.7 Å². The molecule has 0 radical (unpaired) electrons. The molecule has 0 amide bonds. The third kappa shape index (κ3) is 5.91. The third-order valence-corrected chi connectivity index (χ3v) is 7.90. The van der Waals surface area contributed by atoms with Crippen LogP contribution in [0, 0.1) is 5.82 Å². The molecule has 1 aromatic heterocycles. The number of nitrogens with one attached hydrogen (secondary N) is 1. The maximum Gasteiger partial charge on any atom is 0.240 e. The van der Waals surface area contributed by atoms with Crippen LogP contribution in [0.3, 0.4) is 0 Å². The molecule has 4 rings (SSSR count). The summed E-state index contributed by atoms with van der Waals surface area (Å²) in [4.78, 5) is 0.0645. The van der Waals surface area contributed by atoms with Crippen molar-refractivity contribution in [1.29, 1.82) is 0 Å². The molecule has 1 heterocycles. The summed E-state index contributed by atoms with van der Waals surface area (Å²) in [6, 6.07) is 16.8. The number of nitrogens with zero attached hydrogens (tertiary/aromatic N) is 3. The Bertz CT molecular complexity index is 1410. The molecule has 0 aliphatic carbocycles. The SMILES string of the molecule is O=S(=O)(NCc1nnc(SCc2ccc(F)cc2)n1-c1cc(Cl)ccc1Cl)c1ccc(Cl)cc1. The summed E-state index contributed by atoms with van der Waals surface area (Å²) < 4.78 is 42.9. The zero-order chi connectivity index (χ0) is 24.3. The Morgan fingerprint density at radius 2 is 1.59 bits per heavy atom. The van der Waals surface area contributed by atoms with Gasteiger partial charge < -0.3 is 0 Å². The van der Waals surface area contributed by atoms with Crippen molar-refractivity contribution in [2.24, 2.45) is 0 Å². The van der Waals surface area contributed by atoms with Crippen molar-refractivity contribution in [3.05, 3.63) is 99.0 Å². The fraction of sp³-hybridized carbons (Fsp3) is 0.0909. The zero-order valence-corrected chi connectivity index (χ0v) is 21.2. The fourth-order valence-electron chi connectivity index (χ4n) is 2.99. The molecular weight excluding hydrogens is 542 g/mol. The number of hydrogen-bond donors (Lipinski definition) is 1. The van der Waals surface area contributed by atoms with Gasteiger partial charge in [0.2, 0.25) is 10.0 Å². The molecule has 6 nitrogen and oxygen atoms in total. The number of halogens is 4. The minimum absolute atomic E-state index is 0.0645.